The van der Waals surface area contributed by atoms with Gasteiger partial charge in [-0.25, -0.2) is 9.67 Å². The summed E-state index contributed by atoms with van der Waals surface area (Å²) < 4.78 is 2.00. The quantitative estimate of drug-likeness (QED) is 0.416. The molecule has 0 aliphatic carbocycles. The van der Waals surface area contributed by atoms with Crippen molar-refractivity contribution in [3.8, 4) is 0 Å². The molecular weight excluding hydrogens is 429 g/mol. The van der Waals surface area contributed by atoms with E-state index in [2.05, 4.69) is 43.7 Å². The van der Waals surface area contributed by atoms with Crippen molar-refractivity contribution < 1.29 is 0 Å². The molecule has 1 aliphatic heterocycles. The van der Waals surface area contributed by atoms with Gasteiger partial charge in [-0.15, -0.1) is 24.0 Å². The molecule has 0 aromatic carbocycles. The minimum Gasteiger partial charge on any atom is -0.356 e. The fourth-order valence-electron chi connectivity index (χ4n) is 3.04. The van der Waals surface area contributed by atoms with Crippen LogP contribution in [0.4, 0.5) is 0 Å². The van der Waals surface area contributed by atoms with Gasteiger partial charge in [-0.2, -0.15) is 5.10 Å². The molecule has 2 aromatic heterocycles. The minimum absolute atomic E-state index is 0. The lowest BCUT2D eigenvalue weighted by molar-refractivity contribution is 0.392. The summed E-state index contributed by atoms with van der Waals surface area (Å²) in [7, 11) is 1.81. The molecule has 2 N–H and O–H groups in total. The molecule has 1 atom stereocenters. The van der Waals surface area contributed by atoms with Crippen LogP contribution in [0.25, 0.3) is 0 Å². The predicted octanol–water partition coefficient (Wildman–Crippen LogP) is 1.63. The number of halogens is 1. The predicted molar refractivity (Wildman–Crippen MR) is 109 cm³/mol. The van der Waals surface area contributed by atoms with Crippen LogP contribution < -0.4 is 10.6 Å². The van der Waals surface area contributed by atoms with E-state index >= 15 is 0 Å². The van der Waals surface area contributed by atoms with E-state index in [-0.39, 0.29) is 24.0 Å². The van der Waals surface area contributed by atoms with Crippen molar-refractivity contribution in [2.75, 3.05) is 13.6 Å². The van der Waals surface area contributed by atoms with Crippen LogP contribution in [0.3, 0.4) is 0 Å². The molecule has 3 rings (SSSR count). The Kier molecular flexibility index (Phi) is 7.15. The van der Waals surface area contributed by atoms with Gasteiger partial charge in [0.2, 0.25) is 0 Å². The Balaban J connectivity index is 0.00000225. The number of guanidine groups is 1. The average Bonchev–Trinajstić information content (AvgIpc) is 2.95. The molecular formula is C17H26IN7. The third kappa shape index (κ3) is 5.13. The van der Waals surface area contributed by atoms with E-state index in [1.165, 1.54) is 11.1 Å². The lowest BCUT2D eigenvalue weighted by Gasteiger charge is -2.25. The standard InChI is InChI=1S/C17H25N7.HI/c1-12-10-19-8-6-14(12)7-9-20-17(18-3)22-15-4-5-16-21-13(2)23-24(16)11-15;/h6,8,10,15H,4-5,7,9,11H2,1-3H3,(H2,18,20,22);1H. The first-order chi connectivity index (χ1) is 11.7. The number of aliphatic imine (C=N–C) groups is 1. The maximum atomic E-state index is 4.45. The monoisotopic (exact) mass is 455 g/mol. The summed E-state index contributed by atoms with van der Waals surface area (Å²) in [5.41, 5.74) is 2.54. The Morgan fingerprint density at radius 1 is 1.40 bits per heavy atom. The summed E-state index contributed by atoms with van der Waals surface area (Å²) in [4.78, 5) is 12.9. The molecule has 0 saturated heterocycles. The Bertz CT molecular complexity index is 726. The third-order valence-electron chi connectivity index (χ3n) is 4.35. The summed E-state index contributed by atoms with van der Waals surface area (Å²) in [6, 6.07) is 2.40. The Hall–Kier alpha value is -1.71. The number of nitrogens with one attached hydrogen (secondary N) is 2. The number of hydrogen-bond acceptors (Lipinski definition) is 4. The third-order valence-corrected chi connectivity index (χ3v) is 4.35. The molecule has 0 spiro atoms. The van der Waals surface area contributed by atoms with Gasteiger partial charge in [0.25, 0.3) is 0 Å². The van der Waals surface area contributed by atoms with Gasteiger partial charge in [-0.05, 0) is 43.9 Å². The molecule has 3 heterocycles. The summed E-state index contributed by atoms with van der Waals surface area (Å²) in [6.07, 6.45) is 6.69. The van der Waals surface area contributed by atoms with Crippen molar-refractivity contribution in [3.05, 3.63) is 41.2 Å². The van der Waals surface area contributed by atoms with Crippen LogP contribution in [-0.2, 0) is 19.4 Å². The molecule has 1 aliphatic rings. The van der Waals surface area contributed by atoms with E-state index in [4.69, 9.17) is 0 Å². The van der Waals surface area contributed by atoms with Gasteiger partial charge in [0.15, 0.2) is 5.96 Å². The second kappa shape index (κ2) is 9.12. The van der Waals surface area contributed by atoms with Crippen LogP contribution in [-0.4, -0.2) is 45.3 Å². The number of rotatable bonds is 4. The van der Waals surface area contributed by atoms with Crippen LogP contribution in [0.15, 0.2) is 23.5 Å². The van der Waals surface area contributed by atoms with E-state index < -0.39 is 0 Å². The minimum atomic E-state index is 0. The van der Waals surface area contributed by atoms with E-state index in [9.17, 15) is 0 Å². The zero-order chi connectivity index (χ0) is 16.9. The highest BCUT2D eigenvalue weighted by Gasteiger charge is 2.21. The summed E-state index contributed by atoms with van der Waals surface area (Å²) in [5.74, 6) is 2.77. The molecule has 0 bridgehead atoms. The number of hydrogen-bond donors (Lipinski definition) is 2. The topological polar surface area (TPSA) is 80.0 Å². The number of nitrogens with zero attached hydrogens (tertiary/aromatic N) is 5. The van der Waals surface area contributed by atoms with E-state index in [0.29, 0.717) is 6.04 Å². The maximum absolute atomic E-state index is 4.45. The van der Waals surface area contributed by atoms with Crippen molar-refractivity contribution in [3.63, 3.8) is 0 Å². The van der Waals surface area contributed by atoms with Crippen molar-refractivity contribution >= 4 is 29.9 Å². The molecule has 7 nitrogen and oxygen atoms in total. The highest BCUT2D eigenvalue weighted by atomic mass is 127. The fourth-order valence-corrected chi connectivity index (χ4v) is 3.04. The molecule has 25 heavy (non-hydrogen) atoms. The Labute approximate surface area is 165 Å². The maximum Gasteiger partial charge on any atom is 0.191 e. The Morgan fingerprint density at radius 2 is 2.24 bits per heavy atom. The second-order valence-electron chi connectivity index (χ2n) is 6.19. The zero-order valence-corrected chi connectivity index (χ0v) is 17.3. The van der Waals surface area contributed by atoms with Crippen LogP contribution in [0.1, 0.15) is 29.2 Å². The smallest absolute Gasteiger partial charge is 0.191 e. The molecule has 8 heteroatoms. The van der Waals surface area contributed by atoms with Crippen molar-refractivity contribution in [2.24, 2.45) is 4.99 Å². The molecule has 0 fully saturated rings. The second-order valence-corrected chi connectivity index (χ2v) is 6.19. The molecule has 2 aromatic rings. The highest BCUT2D eigenvalue weighted by molar-refractivity contribution is 14.0. The van der Waals surface area contributed by atoms with Gasteiger partial charge in [0, 0.05) is 38.4 Å². The van der Waals surface area contributed by atoms with Gasteiger partial charge >= 0.3 is 0 Å². The number of pyridine rings is 1. The van der Waals surface area contributed by atoms with Crippen LogP contribution in [0, 0.1) is 13.8 Å². The van der Waals surface area contributed by atoms with Crippen LogP contribution in [0.5, 0.6) is 0 Å². The number of aryl methyl sites for hydroxylation is 3. The number of aromatic nitrogens is 4. The zero-order valence-electron chi connectivity index (χ0n) is 15.0. The normalized spacial score (nSPS) is 16.8. The van der Waals surface area contributed by atoms with Crippen LogP contribution in [0.2, 0.25) is 0 Å². The fraction of sp³-hybridized carbons (Fsp3) is 0.529. The van der Waals surface area contributed by atoms with Gasteiger partial charge in [0.1, 0.15) is 11.6 Å². The van der Waals surface area contributed by atoms with Crippen molar-refractivity contribution in [2.45, 2.75) is 45.7 Å². The summed E-state index contributed by atoms with van der Waals surface area (Å²) >= 11 is 0. The average molecular weight is 455 g/mol. The van der Waals surface area contributed by atoms with Gasteiger partial charge in [-0.3, -0.25) is 9.98 Å². The van der Waals surface area contributed by atoms with Gasteiger partial charge in [-0.1, -0.05) is 0 Å². The SMILES string of the molecule is CN=C(NCCc1ccncc1C)NC1CCc2nc(C)nn2C1.I. The van der Waals surface area contributed by atoms with Crippen molar-refractivity contribution in [1.82, 2.24) is 30.4 Å². The van der Waals surface area contributed by atoms with E-state index in [0.717, 1.165) is 50.0 Å². The molecule has 0 amide bonds. The van der Waals surface area contributed by atoms with Crippen molar-refractivity contribution in [1.29, 1.82) is 0 Å². The van der Waals surface area contributed by atoms with E-state index in [1.807, 2.05) is 24.0 Å². The molecule has 1 unspecified atom stereocenters. The highest BCUT2D eigenvalue weighted by Crippen LogP contribution is 2.12. The van der Waals surface area contributed by atoms with Crippen LogP contribution >= 0.6 is 24.0 Å². The van der Waals surface area contributed by atoms with E-state index in [1.54, 1.807) is 7.05 Å². The lowest BCUT2D eigenvalue weighted by Crippen LogP contribution is -2.47. The lowest BCUT2D eigenvalue weighted by atomic mass is 10.1. The summed E-state index contributed by atoms with van der Waals surface area (Å²) in [6.45, 7) is 5.70. The Morgan fingerprint density at radius 3 is 3.00 bits per heavy atom. The largest absolute Gasteiger partial charge is 0.356 e. The first-order valence-corrected chi connectivity index (χ1v) is 8.42. The molecule has 0 saturated carbocycles. The van der Waals surface area contributed by atoms with Gasteiger partial charge in [0.05, 0.1) is 6.54 Å². The first-order valence-electron chi connectivity index (χ1n) is 8.42. The molecule has 136 valence electrons. The number of fused-ring (bicyclic) bond motifs is 1. The molecule has 0 radical (unpaired) electrons. The summed E-state index contributed by atoms with van der Waals surface area (Å²) in [5, 5.41) is 11.3. The van der Waals surface area contributed by atoms with Gasteiger partial charge < -0.3 is 10.6 Å². The first kappa shape index (κ1) is 19.6.